The molecule has 0 radical (unpaired) electrons. The van der Waals surface area contributed by atoms with Gasteiger partial charge in [-0.25, -0.2) is 0 Å². The van der Waals surface area contributed by atoms with E-state index in [2.05, 4.69) is 10.6 Å². The molecule has 25 heavy (non-hydrogen) atoms. The smallest absolute Gasteiger partial charge is 0.105 e. The fraction of sp³-hybridized carbons (Fsp3) is 0. The maximum atomic E-state index is 6.01. The summed E-state index contributed by atoms with van der Waals surface area (Å²) in [4.78, 5) is 0.625. The van der Waals surface area contributed by atoms with E-state index in [9.17, 15) is 0 Å². The van der Waals surface area contributed by atoms with Crippen molar-refractivity contribution in [2.75, 3.05) is 10.6 Å². The molecule has 0 unspecified atom stereocenters. The number of benzene rings is 3. The standard InChI is InChI=1S/C21H17ClN2S/c22-17-13-11-16(12-14-17)20(23-18-7-3-1-4-8-18)15-21(25)24-19-9-5-2-6-10-19/h1-15,23H,(H,24,25)/b20-15-. The van der Waals surface area contributed by atoms with Crippen molar-refractivity contribution in [3.63, 3.8) is 0 Å². The summed E-state index contributed by atoms with van der Waals surface area (Å²) in [6.07, 6.45) is 1.92. The summed E-state index contributed by atoms with van der Waals surface area (Å²) < 4.78 is 0. The summed E-state index contributed by atoms with van der Waals surface area (Å²) >= 11 is 11.5. The van der Waals surface area contributed by atoms with E-state index in [4.69, 9.17) is 23.8 Å². The molecule has 3 aromatic rings. The molecule has 0 saturated heterocycles. The number of halogens is 1. The largest absolute Gasteiger partial charge is 0.355 e. The minimum absolute atomic E-state index is 0.625. The van der Waals surface area contributed by atoms with Gasteiger partial charge in [-0.15, -0.1) is 0 Å². The van der Waals surface area contributed by atoms with Gasteiger partial charge in [-0.1, -0.05) is 72.3 Å². The summed E-state index contributed by atoms with van der Waals surface area (Å²) in [6.45, 7) is 0. The highest BCUT2D eigenvalue weighted by Gasteiger charge is 2.05. The van der Waals surface area contributed by atoms with Gasteiger partial charge in [0.15, 0.2) is 0 Å². The van der Waals surface area contributed by atoms with Gasteiger partial charge in [-0.05, 0) is 48.0 Å². The second-order valence-corrected chi connectivity index (χ2v) is 6.29. The molecular formula is C21H17ClN2S. The molecular weight excluding hydrogens is 348 g/mol. The fourth-order valence-electron chi connectivity index (χ4n) is 2.33. The summed E-state index contributed by atoms with van der Waals surface area (Å²) in [5.41, 5.74) is 3.85. The molecule has 0 atom stereocenters. The Kier molecular flexibility index (Phi) is 5.83. The SMILES string of the molecule is S=C(/C=C(\Nc1ccccc1)c1ccc(Cl)cc1)Nc1ccccc1. The molecule has 0 fully saturated rings. The number of hydrogen-bond donors (Lipinski definition) is 2. The first-order chi connectivity index (χ1) is 12.2. The van der Waals surface area contributed by atoms with Crippen molar-refractivity contribution in [1.82, 2.24) is 0 Å². The second-order valence-electron chi connectivity index (χ2n) is 5.41. The van der Waals surface area contributed by atoms with Crippen LogP contribution in [0.25, 0.3) is 5.70 Å². The van der Waals surface area contributed by atoms with Gasteiger partial charge in [-0.2, -0.15) is 0 Å². The molecule has 0 aliphatic rings. The zero-order valence-corrected chi connectivity index (χ0v) is 15.0. The van der Waals surface area contributed by atoms with Crippen molar-refractivity contribution in [3.05, 3.63) is 102 Å². The van der Waals surface area contributed by atoms with E-state index in [0.29, 0.717) is 10.0 Å². The van der Waals surface area contributed by atoms with Gasteiger partial charge in [0.1, 0.15) is 4.99 Å². The third-order valence-corrected chi connectivity index (χ3v) is 4.00. The van der Waals surface area contributed by atoms with Crippen molar-refractivity contribution in [2.45, 2.75) is 0 Å². The molecule has 3 aromatic carbocycles. The van der Waals surface area contributed by atoms with Crippen LogP contribution in [-0.2, 0) is 0 Å². The molecule has 0 aliphatic heterocycles. The third kappa shape index (κ3) is 5.18. The summed E-state index contributed by atoms with van der Waals surface area (Å²) in [5, 5.41) is 7.35. The fourth-order valence-corrected chi connectivity index (χ4v) is 2.69. The first-order valence-corrected chi connectivity index (χ1v) is 8.65. The van der Waals surface area contributed by atoms with Gasteiger partial charge < -0.3 is 10.6 Å². The van der Waals surface area contributed by atoms with Gasteiger partial charge in [-0.3, -0.25) is 0 Å². The van der Waals surface area contributed by atoms with Crippen LogP contribution in [0.5, 0.6) is 0 Å². The molecule has 0 bridgehead atoms. The van der Waals surface area contributed by atoms with Gasteiger partial charge in [0.2, 0.25) is 0 Å². The van der Waals surface area contributed by atoms with Crippen LogP contribution in [0.2, 0.25) is 5.02 Å². The molecule has 0 heterocycles. The van der Waals surface area contributed by atoms with E-state index < -0.39 is 0 Å². The number of rotatable bonds is 5. The van der Waals surface area contributed by atoms with Crippen LogP contribution in [0.1, 0.15) is 5.56 Å². The Bertz CT molecular complexity index is 859. The average molecular weight is 365 g/mol. The van der Waals surface area contributed by atoms with Crippen LogP contribution < -0.4 is 10.6 Å². The predicted octanol–water partition coefficient (Wildman–Crippen LogP) is 6.23. The highest BCUT2D eigenvalue weighted by molar-refractivity contribution is 7.81. The lowest BCUT2D eigenvalue weighted by Crippen LogP contribution is -2.09. The number of hydrogen-bond acceptors (Lipinski definition) is 2. The monoisotopic (exact) mass is 364 g/mol. The van der Waals surface area contributed by atoms with Gasteiger partial charge in [0, 0.05) is 22.1 Å². The summed E-state index contributed by atoms with van der Waals surface area (Å²) in [6, 6.07) is 27.5. The Morgan fingerprint density at radius 2 is 1.24 bits per heavy atom. The second kappa shape index (κ2) is 8.47. The number of anilines is 2. The van der Waals surface area contributed by atoms with Crippen molar-refractivity contribution in [3.8, 4) is 0 Å². The van der Waals surface area contributed by atoms with Crippen LogP contribution in [0.3, 0.4) is 0 Å². The third-order valence-electron chi connectivity index (χ3n) is 3.52. The molecule has 3 rings (SSSR count). The first kappa shape index (κ1) is 17.2. The highest BCUT2D eigenvalue weighted by atomic mass is 35.5. The summed E-state index contributed by atoms with van der Waals surface area (Å²) in [5.74, 6) is 0. The van der Waals surface area contributed by atoms with Crippen molar-refractivity contribution in [1.29, 1.82) is 0 Å². The molecule has 0 spiro atoms. The van der Waals surface area contributed by atoms with Crippen molar-refractivity contribution < 1.29 is 0 Å². The van der Waals surface area contributed by atoms with Crippen LogP contribution in [-0.4, -0.2) is 4.99 Å². The molecule has 0 aromatic heterocycles. The van der Waals surface area contributed by atoms with E-state index in [1.54, 1.807) is 0 Å². The lowest BCUT2D eigenvalue weighted by atomic mass is 10.1. The molecule has 2 nitrogen and oxygen atoms in total. The van der Waals surface area contributed by atoms with E-state index in [0.717, 1.165) is 22.6 Å². The van der Waals surface area contributed by atoms with Gasteiger partial charge >= 0.3 is 0 Å². The Morgan fingerprint density at radius 3 is 1.80 bits per heavy atom. The number of nitrogens with one attached hydrogen (secondary N) is 2. The van der Waals surface area contributed by atoms with Crippen LogP contribution in [0.4, 0.5) is 11.4 Å². The predicted molar refractivity (Wildman–Crippen MR) is 112 cm³/mol. The molecule has 0 saturated carbocycles. The van der Waals surface area contributed by atoms with E-state index >= 15 is 0 Å². The Labute approximate surface area is 158 Å². The maximum Gasteiger partial charge on any atom is 0.105 e. The maximum absolute atomic E-state index is 6.01. The first-order valence-electron chi connectivity index (χ1n) is 7.86. The van der Waals surface area contributed by atoms with E-state index in [1.165, 1.54) is 0 Å². The molecule has 2 N–H and O–H groups in total. The van der Waals surface area contributed by atoms with Crippen LogP contribution >= 0.6 is 23.8 Å². The Hall–Kier alpha value is -2.62. The normalized spacial score (nSPS) is 11.0. The Morgan fingerprint density at radius 1 is 0.720 bits per heavy atom. The van der Waals surface area contributed by atoms with Gasteiger partial charge in [0.25, 0.3) is 0 Å². The van der Waals surface area contributed by atoms with Gasteiger partial charge in [0.05, 0.1) is 0 Å². The minimum Gasteiger partial charge on any atom is -0.355 e. The molecule has 124 valence electrons. The molecule has 0 amide bonds. The van der Waals surface area contributed by atoms with Crippen LogP contribution in [0, 0.1) is 0 Å². The highest BCUT2D eigenvalue weighted by Crippen LogP contribution is 2.21. The lowest BCUT2D eigenvalue weighted by molar-refractivity contribution is 1.53. The van der Waals surface area contributed by atoms with Crippen LogP contribution in [0.15, 0.2) is 91.0 Å². The van der Waals surface area contributed by atoms with Crippen molar-refractivity contribution >= 4 is 45.9 Å². The number of thiocarbonyl (C=S) groups is 1. The zero-order valence-electron chi connectivity index (χ0n) is 13.4. The molecule has 4 heteroatoms. The summed E-state index contributed by atoms with van der Waals surface area (Å²) in [7, 11) is 0. The topological polar surface area (TPSA) is 24.1 Å². The minimum atomic E-state index is 0.625. The van der Waals surface area contributed by atoms with E-state index in [-0.39, 0.29) is 0 Å². The zero-order chi connectivity index (χ0) is 17.5. The van der Waals surface area contributed by atoms with E-state index in [1.807, 2.05) is 91.0 Å². The molecule has 0 aliphatic carbocycles. The quantitative estimate of drug-likeness (QED) is 0.414. The number of para-hydroxylation sites is 2. The van der Waals surface area contributed by atoms with Crippen molar-refractivity contribution in [2.24, 2.45) is 0 Å². The average Bonchev–Trinajstić information content (AvgIpc) is 2.63. The lowest BCUT2D eigenvalue weighted by Gasteiger charge is -2.13. The Balaban J connectivity index is 1.87.